The zero-order valence-electron chi connectivity index (χ0n) is 28.1. The number of ether oxygens (including phenoxy) is 2. The zero-order chi connectivity index (χ0) is 33.0. The Balaban J connectivity index is 1.28. The third kappa shape index (κ3) is 8.11. The number of esters is 2. The van der Waals surface area contributed by atoms with Crippen LogP contribution in [0.5, 0.6) is 0 Å². The quantitative estimate of drug-likeness (QED) is 0.270. The standard InChI is InChI=1S/C37H55F3N2O4/c1-34(2,28-15-21-41-22-16-28)46-33(44)36(30-7-5-4-6-8-30)19-13-26(14-20-36)25-35(3,29-17-23-42-24-18-29)45-32(43)27-9-11-31(12-10-27)37(38,39)40/h4-8,26-29,31,41-42H,9-25H2,1-3H3. The molecular formula is C37H55F3N2O4. The predicted octanol–water partition coefficient (Wildman–Crippen LogP) is 7.50. The van der Waals surface area contributed by atoms with E-state index < -0.39 is 34.6 Å². The van der Waals surface area contributed by atoms with Gasteiger partial charge in [-0.3, -0.25) is 9.59 Å². The van der Waals surface area contributed by atoms with Gasteiger partial charge in [-0.05, 0) is 142 Å². The number of carbonyl (C=O) groups excluding carboxylic acids is 2. The van der Waals surface area contributed by atoms with Gasteiger partial charge in [0.2, 0.25) is 0 Å². The van der Waals surface area contributed by atoms with E-state index in [1.54, 1.807) is 0 Å². The Bertz CT molecular complexity index is 1150. The number of halogens is 3. The minimum atomic E-state index is -4.20. The van der Waals surface area contributed by atoms with E-state index in [-0.39, 0.29) is 49.5 Å². The highest BCUT2D eigenvalue weighted by Gasteiger charge is 2.50. The molecule has 2 saturated heterocycles. The zero-order valence-corrected chi connectivity index (χ0v) is 28.1. The van der Waals surface area contributed by atoms with Crippen molar-refractivity contribution in [2.24, 2.45) is 29.6 Å². The lowest BCUT2D eigenvalue weighted by Crippen LogP contribution is -2.50. The fraction of sp³-hybridized carbons (Fsp3) is 0.784. The van der Waals surface area contributed by atoms with E-state index in [1.165, 1.54) is 0 Å². The molecule has 2 saturated carbocycles. The molecule has 0 spiro atoms. The van der Waals surface area contributed by atoms with Crippen LogP contribution in [0.25, 0.3) is 0 Å². The van der Waals surface area contributed by atoms with Crippen LogP contribution in [-0.2, 0) is 24.5 Å². The first kappa shape index (κ1) is 35.2. The minimum absolute atomic E-state index is 0.0118. The molecule has 0 bridgehead atoms. The summed E-state index contributed by atoms with van der Waals surface area (Å²) in [5.41, 5.74) is -0.976. The van der Waals surface area contributed by atoms with Gasteiger partial charge in [0.05, 0.1) is 17.3 Å². The summed E-state index contributed by atoms with van der Waals surface area (Å²) in [5, 5.41) is 6.81. The lowest BCUT2D eigenvalue weighted by atomic mass is 9.64. The number of hydrogen-bond acceptors (Lipinski definition) is 6. The van der Waals surface area contributed by atoms with Crippen molar-refractivity contribution in [3.05, 3.63) is 35.9 Å². The fourth-order valence-electron chi connectivity index (χ4n) is 8.95. The summed E-state index contributed by atoms with van der Waals surface area (Å²) < 4.78 is 52.7. The van der Waals surface area contributed by atoms with Crippen LogP contribution in [0.4, 0.5) is 13.2 Å². The monoisotopic (exact) mass is 648 g/mol. The van der Waals surface area contributed by atoms with Crippen LogP contribution in [0.2, 0.25) is 0 Å². The Labute approximate surface area is 273 Å². The number of benzene rings is 1. The van der Waals surface area contributed by atoms with Crippen molar-refractivity contribution in [3.63, 3.8) is 0 Å². The first-order valence-corrected chi connectivity index (χ1v) is 17.8. The molecule has 2 aliphatic heterocycles. The van der Waals surface area contributed by atoms with Crippen molar-refractivity contribution >= 4 is 11.9 Å². The van der Waals surface area contributed by atoms with Crippen LogP contribution in [0, 0.1) is 29.6 Å². The van der Waals surface area contributed by atoms with Crippen LogP contribution in [0.15, 0.2) is 30.3 Å². The lowest BCUT2D eigenvalue weighted by molar-refractivity contribution is -0.192. The molecule has 5 rings (SSSR count). The van der Waals surface area contributed by atoms with Crippen molar-refractivity contribution in [2.75, 3.05) is 26.2 Å². The van der Waals surface area contributed by atoms with Gasteiger partial charge >= 0.3 is 18.1 Å². The maximum absolute atomic E-state index is 14.2. The summed E-state index contributed by atoms with van der Waals surface area (Å²) in [6.45, 7) is 9.75. The molecule has 258 valence electrons. The largest absolute Gasteiger partial charge is 0.459 e. The molecule has 4 aliphatic rings. The van der Waals surface area contributed by atoms with Gasteiger partial charge in [0.15, 0.2) is 0 Å². The molecule has 2 heterocycles. The van der Waals surface area contributed by atoms with E-state index >= 15 is 0 Å². The summed E-state index contributed by atoms with van der Waals surface area (Å²) in [7, 11) is 0. The summed E-state index contributed by atoms with van der Waals surface area (Å²) >= 11 is 0. The number of rotatable bonds is 9. The molecule has 0 amide bonds. The highest BCUT2D eigenvalue weighted by Crippen LogP contribution is 2.48. The van der Waals surface area contributed by atoms with Gasteiger partial charge < -0.3 is 20.1 Å². The molecular weight excluding hydrogens is 593 g/mol. The first-order chi connectivity index (χ1) is 21.8. The SMILES string of the molecule is CC(C)(OC(=O)C1(c2ccccc2)CCC(CC(C)(OC(=O)C2CCC(C(F)(F)F)CC2)C2CCNCC2)CC1)C1CCNCC1. The molecule has 2 aliphatic carbocycles. The van der Waals surface area contributed by atoms with Crippen LogP contribution in [0.3, 0.4) is 0 Å². The second-order valence-electron chi connectivity index (χ2n) is 15.5. The van der Waals surface area contributed by atoms with E-state index in [0.717, 1.165) is 70.3 Å². The van der Waals surface area contributed by atoms with E-state index in [1.807, 2.05) is 30.3 Å². The van der Waals surface area contributed by atoms with E-state index in [4.69, 9.17) is 9.47 Å². The minimum Gasteiger partial charge on any atom is -0.459 e. The molecule has 1 unspecified atom stereocenters. The van der Waals surface area contributed by atoms with Gasteiger partial charge in [-0.1, -0.05) is 30.3 Å². The summed E-state index contributed by atoms with van der Waals surface area (Å²) in [4.78, 5) is 27.7. The highest BCUT2D eigenvalue weighted by atomic mass is 19.4. The van der Waals surface area contributed by atoms with Gasteiger partial charge in [-0.15, -0.1) is 0 Å². The van der Waals surface area contributed by atoms with E-state index in [0.29, 0.717) is 25.2 Å². The number of piperidine rings is 2. The van der Waals surface area contributed by atoms with Crippen LogP contribution in [-0.4, -0.2) is 55.5 Å². The highest BCUT2D eigenvalue weighted by molar-refractivity contribution is 5.83. The Morgan fingerprint density at radius 2 is 1.28 bits per heavy atom. The summed E-state index contributed by atoms with van der Waals surface area (Å²) in [6, 6.07) is 10.1. The molecule has 1 aromatic carbocycles. The van der Waals surface area contributed by atoms with E-state index in [9.17, 15) is 22.8 Å². The maximum Gasteiger partial charge on any atom is 0.391 e. The summed E-state index contributed by atoms with van der Waals surface area (Å²) in [5.74, 6) is -1.52. The number of carbonyl (C=O) groups is 2. The third-order valence-electron chi connectivity index (χ3n) is 12.1. The lowest BCUT2D eigenvalue weighted by Gasteiger charge is -2.46. The molecule has 46 heavy (non-hydrogen) atoms. The Hall–Kier alpha value is -2.13. The van der Waals surface area contributed by atoms with Crippen molar-refractivity contribution in [1.82, 2.24) is 10.6 Å². The molecule has 9 heteroatoms. The number of alkyl halides is 3. The predicted molar refractivity (Wildman–Crippen MR) is 172 cm³/mol. The average molecular weight is 649 g/mol. The number of hydrogen-bond donors (Lipinski definition) is 2. The Morgan fingerprint density at radius 1 is 0.739 bits per heavy atom. The fourth-order valence-corrected chi connectivity index (χ4v) is 8.95. The molecule has 2 N–H and O–H groups in total. The van der Waals surface area contributed by atoms with Gasteiger partial charge in [0, 0.05) is 11.8 Å². The van der Waals surface area contributed by atoms with Crippen molar-refractivity contribution in [1.29, 1.82) is 0 Å². The third-order valence-corrected chi connectivity index (χ3v) is 12.1. The maximum atomic E-state index is 14.2. The first-order valence-electron chi connectivity index (χ1n) is 17.8. The molecule has 4 fully saturated rings. The van der Waals surface area contributed by atoms with Gasteiger partial charge in [-0.25, -0.2) is 0 Å². The molecule has 0 aromatic heterocycles. The molecule has 0 radical (unpaired) electrons. The Kier molecular flexibility index (Phi) is 11.1. The summed E-state index contributed by atoms with van der Waals surface area (Å²) in [6.07, 6.45) is 3.63. The second-order valence-corrected chi connectivity index (χ2v) is 15.5. The molecule has 6 nitrogen and oxygen atoms in total. The van der Waals surface area contributed by atoms with Crippen molar-refractivity contribution < 1.29 is 32.2 Å². The number of nitrogens with one attached hydrogen (secondary N) is 2. The second kappa shape index (κ2) is 14.6. The Morgan fingerprint density at radius 3 is 1.83 bits per heavy atom. The average Bonchev–Trinajstić information content (AvgIpc) is 3.06. The van der Waals surface area contributed by atoms with Gasteiger partial charge in [0.25, 0.3) is 0 Å². The molecule has 1 aromatic rings. The van der Waals surface area contributed by atoms with Crippen LogP contribution < -0.4 is 10.6 Å². The normalized spacial score (nSPS) is 30.3. The van der Waals surface area contributed by atoms with Crippen molar-refractivity contribution in [3.8, 4) is 0 Å². The van der Waals surface area contributed by atoms with Crippen LogP contribution >= 0.6 is 0 Å². The van der Waals surface area contributed by atoms with Gasteiger partial charge in [-0.2, -0.15) is 13.2 Å². The van der Waals surface area contributed by atoms with Crippen LogP contribution in [0.1, 0.15) is 110 Å². The molecule has 1 atom stereocenters. The van der Waals surface area contributed by atoms with Gasteiger partial charge in [0.1, 0.15) is 11.2 Å². The smallest absolute Gasteiger partial charge is 0.391 e. The van der Waals surface area contributed by atoms with E-state index in [2.05, 4.69) is 31.4 Å². The topological polar surface area (TPSA) is 76.7 Å². The van der Waals surface area contributed by atoms with Crippen molar-refractivity contribution in [2.45, 2.75) is 127 Å².